The first-order valence-electron chi connectivity index (χ1n) is 22.8. The molecule has 6 aliphatic rings. The zero-order valence-corrected chi connectivity index (χ0v) is 41.3. The van der Waals surface area contributed by atoms with Gasteiger partial charge in [0.1, 0.15) is 6.61 Å². The summed E-state index contributed by atoms with van der Waals surface area (Å²) < 4.78 is 28.0. The SMILES string of the molecule is CC.CC.CC(C)CC1CCC2(C)C(CC=C3C2CCC2C34CCC(OCC3(NSI)CCOCC3)[C@@]2(C)OC4C)C1.CCC.CN.O=COCc1ccccc1. The number of halogens is 1. The Morgan fingerprint density at radius 3 is 2.23 bits per heavy atom. The number of nitrogens with two attached hydrogens (primary N) is 1. The maximum Gasteiger partial charge on any atom is 0.293 e. The molecule has 9 heteroatoms. The number of hydrogen-bond acceptors (Lipinski definition) is 8. The van der Waals surface area contributed by atoms with Gasteiger partial charge < -0.3 is 24.7 Å². The van der Waals surface area contributed by atoms with Crippen molar-refractivity contribution in [2.75, 3.05) is 26.9 Å². The highest BCUT2D eigenvalue weighted by Gasteiger charge is 2.70. The van der Waals surface area contributed by atoms with Crippen LogP contribution in [0.5, 0.6) is 0 Å². The topological polar surface area (TPSA) is 92.0 Å². The molecule has 2 heterocycles. The number of fused-ring (bicyclic) bond motifs is 3. The fourth-order valence-corrected chi connectivity index (χ4v) is 13.3. The second kappa shape index (κ2) is 25.9. The molecule has 8 unspecified atom stereocenters. The van der Waals surface area contributed by atoms with Gasteiger partial charge in [0.25, 0.3) is 6.47 Å². The van der Waals surface area contributed by atoms with E-state index < -0.39 is 0 Å². The lowest BCUT2D eigenvalue weighted by molar-refractivity contribution is -0.162. The Balaban J connectivity index is 0.000000496. The molecular weight excluding hydrogens is 844 g/mol. The van der Waals surface area contributed by atoms with Crippen molar-refractivity contribution >= 4 is 36.8 Å². The fourth-order valence-electron chi connectivity index (χ4n) is 11.5. The van der Waals surface area contributed by atoms with Gasteiger partial charge in [-0.3, -0.25) is 4.79 Å². The summed E-state index contributed by atoms with van der Waals surface area (Å²) in [5, 5.41) is 0. The number of carbonyl (C=O) groups excluding carboxylic acids is 1. The van der Waals surface area contributed by atoms with E-state index in [-0.39, 0.29) is 28.8 Å². The monoisotopic (exact) mass is 929 g/mol. The van der Waals surface area contributed by atoms with Gasteiger partial charge in [-0.25, -0.2) is 4.72 Å². The minimum Gasteiger partial charge on any atom is -0.463 e. The molecule has 3 N–H and O–H groups in total. The highest BCUT2D eigenvalue weighted by molar-refractivity contribution is 14.2. The molecule has 2 bridgehead atoms. The van der Waals surface area contributed by atoms with Crippen molar-refractivity contribution in [1.82, 2.24) is 4.72 Å². The van der Waals surface area contributed by atoms with Gasteiger partial charge in [0.2, 0.25) is 0 Å². The third kappa shape index (κ3) is 12.5. The number of ether oxygens (including phenoxy) is 4. The molecule has 57 heavy (non-hydrogen) atoms. The van der Waals surface area contributed by atoms with Crippen molar-refractivity contribution in [3.63, 3.8) is 0 Å². The molecule has 7 rings (SSSR count). The van der Waals surface area contributed by atoms with Crippen LogP contribution in [0, 0.1) is 40.4 Å². The molecule has 3 saturated carbocycles. The Morgan fingerprint density at radius 2 is 1.63 bits per heavy atom. The molecule has 2 aliphatic heterocycles. The average molecular weight is 929 g/mol. The lowest BCUT2D eigenvalue weighted by Crippen LogP contribution is -2.59. The van der Waals surface area contributed by atoms with Crippen LogP contribution in [0.3, 0.4) is 0 Å². The lowest BCUT2D eigenvalue weighted by Gasteiger charge is -2.61. The van der Waals surface area contributed by atoms with Crippen molar-refractivity contribution in [3.05, 3.63) is 47.5 Å². The van der Waals surface area contributed by atoms with E-state index in [1.54, 1.807) is 9.12 Å². The molecule has 4 aliphatic carbocycles. The molecule has 9 atom stereocenters. The molecule has 2 saturated heterocycles. The van der Waals surface area contributed by atoms with E-state index in [9.17, 15) is 4.79 Å². The Morgan fingerprint density at radius 1 is 0.982 bits per heavy atom. The quantitative estimate of drug-likeness (QED) is 0.104. The third-order valence-electron chi connectivity index (χ3n) is 13.9. The summed E-state index contributed by atoms with van der Waals surface area (Å²) in [7, 11) is 3.19. The zero-order chi connectivity index (χ0) is 42.7. The van der Waals surface area contributed by atoms with Crippen LogP contribution in [-0.2, 0) is 30.3 Å². The molecule has 0 aromatic heterocycles. The van der Waals surface area contributed by atoms with Crippen LogP contribution in [0.2, 0.25) is 0 Å². The molecule has 0 amide bonds. The first-order chi connectivity index (χ1) is 27.5. The molecule has 0 radical (unpaired) electrons. The van der Waals surface area contributed by atoms with E-state index in [1.807, 2.05) is 63.6 Å². The van der Waals surface area contributed by atoms with Gasteiger partial charge in [-0.15, -0.1) is 0 Å². The average Bonchev–Trinajstić information content (AvgIpc) is 3.39. The van der Waals surface area contributed by atoms with Crippen molar-refractivity contribution in [2.45, 2.75) is 183 Å². The first kappa shape index (κ1) is 52.4. The van der Waals surface area contributed by atoms with Gasteiger partial charge in [0.15, 0.2) is 0 Å². The Hall–Kier alpha value is -0.690. The number of hydrogen-bond donors (Lipinski definition) is 2. The summed E-state index contributed by atoms with van der Waals surface area (Å²) in [6.07, 6.45) is 18.6. The van der Waals surface area contributed by atoms with Gasteiger partial charge in [-0.2, -0.15) is 0 Å². The van der Waals surface area contributed by atoms with Crippen LogP contribution in [0.4, 0.5) is 0 Å². The highest BCUT2D eigenvalue weighted by Crippen LogP contribution is 2.71. The molecule has 5 fully saturated rings. The van der Waals surface area contributed by atoms with E-state index in [1.165, 1.54) is 64.8 Å². The summed E-state index contributed by atoms with van der Waals surface area (Å²) in [6.45, 7) is 27.8. The van der Waals surface area contributed by atoms with Crippen molar-refractivity contribution in [2.24, 2.45) is 46.2 Å². The Bertz CT molecular complexity index is 1280. The van der Waals surface area contributed by atoms with Gasteiger partial charge in [0, 0.05) is 45.8 Å². The highest BCUT2D eigenvalue weighted by atomic mass is 127. The van der Waals surface area contributed by atoms with Crippen LogP contribution in [-0.4, -0.2) is 56.7 Å². The van der Waals surface area contributed by atoms with Crippen molar-refractivity contribution in [1.29, 1.82) is 0 Å². The maximum atomic E-state index is 9.76. The van der Waals surface area contributed by atoms with Gasteiger partial charge in [0.05, 0.1) is 30.0 Å². The second-order valence-corrected chi connectivity index (χ2v) is 19.2. The third-order valence-corrected chi connectivity index (χ3v) is 15.0. The minimum atomic E-state index is -0.181. The maximum absolute atomic E-state index is 9.76. The number of allylic oxidation sites excluding steroid dienone is 1. The zero-order valence-electron chi connectivity index (χ0n) is 38.3. The number of carbonyl (C=O) groups is 1. The van der Waals surface area contributed by atoms with E-state index in [2.05, 4.69) is 90.9 Å². The predicted octanol–water partition coefficient (Wildman–Crippen LogP) is 12.7. The van der Waals surface area contributed by atoms with Gasteiger partial charge in [-0.1, -0.05) is 111 Å². The summed E-state index contributed by atoms with van der Waals surface area (Å²) in [5.74, 6) is 4.00. The van der Waals surface area contributed by atoms with E-state index in [0.29, 0.717) is 24.4 Å². The molecule has 330 valence electrons. The molecular formula is C48H85IN2O5S. The second-order valence-electron chi connectivity index (χ2n) is 17.5. The minimum absolute atomic E-state index is 0.0147. The number of rotatable bonds is 10. The van der Waals surface area contributed by atoms with Gasteiger partial charge in [-0.05, 0) is 135 Å². The van der Waals surface area contributed by atoms with Crippen LogP contribution >= 0.6 is 30.3 Å². The van der Waals surface area contributed by atoms with E-state index >= 15 is 0 Å². The van der Waals surface area contributed by atoms with E-state index in [0.717, 1.165) is 68.3 Å². The largest absolute Gasteiger partial charge is 0.463 e. The molecule has 1 aromatic carbocycles. The summed E-state index contributed by atoms with van der Waals surface area (Å²) in [5.41, 5.74) is 7.89. The molecule has 1 aromatic rings. The summed E-state index contributed by atoms with van der Waals surface area (Å²) >= 11 is 2.36. The number of nitrogens with one attached hydrogen (secondary N) is 1. The summed E-state index contributed by atoms with van der Waals surface area (Å²) in [4.78, 5) is 9.76. The normalized spacial score (nSPS) is 34.0. The predicted molar refractivity (Wildman–Crippen MR) is 251 cm³/mol. The van der Waals surface area contributed by atoms with Crippen LogP contribution < -0.4 is 10.5 Å². The van der Waals surface area contributed by atoms with Crippen LogP contribution in [0.1, 0.15) is 159 Å². The lowest BCUT2D eigenvalue weighted by atomic mass is 9.43. The fraction of sp³-hybridized carbons (Fsp3) is 0.812. The standard InChI is InChI=1S/C32H52INO3S.C8H8O2.C3H8.2C2H6.CH5N/c1-21(2)18-23-10-12-29(4)24(19-23)6-7-26-25(29)8-9-27-30(5)28(11-13-32(26,27)22(3)37-30)36-20-31(34-38-33)14-16-35-17-15-31;9-7-10-6-8-4-2-1-3-5-8;1-3-2;3*1-2/h7,21-25,27-28,34H,6,8-20H2,1-5H3;1-5,7H,6H2;3H2,1-2H3;2*1-2H3;2H2,1H3/t22?,23?,24?,25?,27?,28?,29?,30-,32?;;;;;/m0...../s1. The van der Waals surface area contributed by atoms with Crippen LogP contribution in [0.15, 0.2) is 42.0 Å². The molecule has 7 nitrogen and oxygen atoms in total. The van der Waals surface area contributed by atoms with E-state index in [4.69, 9.17) is 14.2 Å². The number of benzene rings is 1. The summed E-state index contributed by atoms with van der Waals surface area (Å²) in [6, 6.07) is 9.55. The Labute approximate surface area is 367 Å². The van der Waals surface area contributed by atoms with Gasteiger partial charge >= 0.3 is 0 Å². The smallest absolute Gasteiger partial charge is 0.293 e. The van der Waals surface area contributed by atoms with Crippen molar-refractivity contribution < 1.29 is 23.7 Å². The van der Waals surface area contributed by atoms with Crippen molar-refractivity contribution in [3.8, 4) is 0 Å². The molecule has 0 spiro atoms. The first-order valence-corrected chi connectivity index (χ1v) is 26.2. The van der Waals surface area contributed by atoms with Crippen LogP contribution in [0.25, 0.3) is 0 Å². The Kier molecular flexibility index (Phi) is 23.9.